The maximum absolute atomic E-state index is 13.6. The quantitative estimate of drug-likeness (QED) is 0.428. The van der Waals surface area contributed by atoms with E-state index in [1.807, 2.05) is 37.3 Å². The van der Waals surface area contributed by atoms with Crippen LogP contribution < -0.4 is 24.8 Å². The molecule has 3 N–H and O–H groups in total. The van der Waals surface area contributed by atoms with Gasteiger partial charge in [0, 0.05) is 24.4 Å². The van der Waals surface area contributed by atoms with Gasteiger partial charge < -0.3 is 30.0 Å². The van der Waals surface area contributed by atoms with Crippen LogP contribution in [0, 0.1) is 0 Å². The number of para-hydroxylation sites is 1. The number of hydrogen-bond acceptors (Lipinski definition) is 8. The summed E-state index contributed by atoms with van der Waals surface area (Å²) in [5, 5.41) is 20.1. The first kappa shape index (κ1) is 24.1. The number of aliphatic hydroxyl groups is 1. The lowest BCUT2D eigenvalue weighted by Crippen LogP contribution is -2.31. The smallest absolute Gasteiger partial charge is 0.255 e. The molecule has 35 heavy (non-hydrogen) atoms. The summed E-state index contributed by atoms with van der Waals surface area (Å²) in [6.07, 6.45) is 1.04. The lowest BCUT2D eigenvalue weighted by atomic mass is 9.94. The third-order valence-electron chi connectivity index (χ3n) is 5.73. The zero-order valence-electron chi connectivity index (χ0n) is 20.2. The van der Waals surface area contributed by atoms with Gasteiger partial charge in [0.05, 0.1) is 26.9 Å². The number of anilines is 2. The van der Waals surface area contributed by atoms with Crippen LogP contribution in [0.2, 0.25) is 0 Å². The number of rotatable bonds is 9. The summed E-state index contributed by atoms with van der Waals surface area (Å²) in [6.45, 7) is 1.87. The summed E-state index contributed by atoms with van der Waals surface area (Å²) in [4.78, 5) is 18.2. The van der Waals surface area contributed by atoms with E-state index < -0.39 is 6.04 Å². The van der Waals surface area contributed by atoms with Crippen molar-refractivity contribution in [2.24, 2.45) is 0 Å². The molecule has 0 fully saturated rings. The lowest BCUT2D eigenvalue weighted by molar-refractivity contribution is -0.113. The number of aromatic nitrogens is 3. The molecule has 10 heteroatoms. The average molecular weight is 480 g/mol. The Balaban J connectivity index is 1.85. The predicted molar refractivity (Wildman–Crippen MR) is 131 cm³/mol. The van der Waals surface area contributed by atoms with Crippen molar-refractivity contribution in [3.63, 3.8) is 0 Å². The van der Waals surface area contributed by atoms with Crippen LogP contribution in [0.5, 0.6) is 17.2 Å². The van der Waals surface area contributed by atoms with Gasteiger partial charge in [0.2, 0.25) is 11.7 Å². The molecule has 0 spiro atoms. The number of carbonyl (C=O) groups is 1. The van der Waals surface area contributed by atoms with Crippen molar-refractivity contribution in [2.75, 3.05) is 38.6 Å². The number of aryl methyl sites for hydroxylation is 1. The van der Waals surface area contributed by atoms with E-state index in [1.165, 1.54) is 7.11 Å². The number of allylic oxidation sites excluding steroid dienone is 1. The number of ether oxygens (including phenoxy) is 3. The first-order chi connectivity index (χ1) is 17.0. The molecule has 2 aromatic carbocycles. The molecular weight excluding hydrogens is 450 g/mol. The number of benzene rings is 2. The van der Waals surface area contributed by atoms with E-state index >= 15 is 0 Å². The lowest BCUT2D eigenvalue weighted by Gasteiger charge is -2.29. The van der Waals surface area contributed by atoms with Crippen molar-refractivity contribution < 1.29 is 24.1 Å². The van der Waals surface area contributed by atoms with Gasteiger partial charge in [0.15, 0.2) is 17.3 Å². The van der Waals surface area contributed by atoms with Crippen LogP contribution in [-0.2, 0) is 11.2 Å². The van der Waals surface area contributed by atoms with Gasteiger partial charge in [-0.2, -0.15) is 10.1 Å². The van der Waals surface area contributed by atoms with Gasteiger partial charge in [0.25, 0.3) is 5.91 Å². The number of aliphatic hydroxyl groups excluding tert-OH is 1. The minimum absolute atomic E-state index is 0.0373. The van der Waals surface area contributed by atoms with E-state index in [2.05, 4.69) is 20.7 Å². The monoisotopic (exact) mass is 479 g/mol. The van der Waals surface area contributed by atoms with Crippen molar-refractivity contribution in [3.05, 3.63) is 65.1 Å². The molecule has 0 saturated heterocycles. The zero-order chi connectivity index (χ0) is 24.9. The normalized spacial score (nSPS) is 14.7. The van der Waals surface area contributed by atoms with E-state index in [1.54, 1.807) is 31.0 Å². The van der Waals surface area contributed by atoms with Gasteiger partial charge in [-0.1, -0.05) is 18.2 Å². The number of nitrogens with zero attached hydrogens (tertiary/aromatic N) is 3. The summed E-state index contributed by atoms with van der Waals surface area (Å²) in [5.41, 5.74) is 2.49. The Labute approximate surface area is 203 Å². The molecule has 0 unspecified atom stereocenters. The highest BCUT2D eigenvalue weighted by atomic mass is 16.5. The van der Waals surface area contributed by atoms with Crippen molar-refractivity contribution in [1.82, 2.24) is 14.8 Å². The summed E-state index contributed by atoms with van der Waals surface area (Å²) in [5.74, 6) is 2.16. The van der Waals surface area contributed by atoms with E-state index in [-0.39, 0.29) is 12.5 Å². The minimum Gasteiger partial charge on any atom is -0.493 e. The Morgan fingerprint density at radius 3 is 2.40 bits per heavy atom. The van der Waals surface area contributed by atoms with Gasteiger partial charge >= 0.3 is 0 Å². The molecule has 0 radical (unpaired) electrons. The number of methoxy groups -OCH3 is 3. The molecule has 1 aromatic heterocycles. The molecule has 1 aliphatic rings. The van der Waals surface area contributed by atoms with Crippen molar-refractivity contribution >= 4 is 17.5 Å². The summed E-state index contributed by atoms with van der Waals surface area (Å²) < 4.78 is 18.3. The third kappa shape index (κ3) is 4.78. The van der Waals surface area contributed by atoms with Gasteiger partial charge in [-0.15, -0.1) is 0 Å². The van der Waals surface area contributed by atoms with Crippen LogP contribution in [-0.4, -0.2) is 53.7 Å². The molecule has 1 amide bonds. The molecule has 10 nitrogen and oxygen atoms in total. The Bertz CT molecular complexity index is 1210. The zero-order valence-corrected chi connectivity index (χ0v) is 20.2. The second kappa shape index (κ2) is 10.5. The average Bonchev–Trinajstić information content (AvgIpc) is 3.28. The van der Waals surface area contributed by atoms with E-state index in [0.717, 1.165) is 0 Å². The highest BCUT2D eigenvalue weighted by molar-refractivity contribution is 6.06. The number of nitrogens with one attached hydrogen (secondary N) is 2. The van der Waals surface area contributed by atoms with E-state index in [4.69, 9.17) is 14.2 Å². The number of carbonyl (C=O) groups excluding carboxylic acids is 1. The third-order valence-corrected chi connectivity index (χ3v) is 5.73. The number of fused-ring (bicyclic) bond motifs is 1. The summed E-state index contributed by atoms with van der Waals surface area (Å²) in [6, 6.07) is 12.2. The topological polar surface area (TPSA) is 120 Å². The molecule has 184 valence electrons. The molecule has 1 atom stereocenters. The Hall–Kier alpha value is -4.05. The van der Waals surface area contributed by atoms with Crippen LogP contribution in [0.3, 0.4) is 0 Å². The number of hydrogen-bond donors (Lipinski definition) is 3. The highest BCUT2D eigenvalue weighted by Crippen LogP contribution is 2.44. The molecule has 3 aromatic rings. The Kier molecular flexibility index (Phi) is 7.21. The van der Waals surface area contributed by atoms with Gasteiger partial charge in [-0.05, 0) is 43.2 Å². The van der Waals surface area contributed by atoms with E-state index in [9.17, 15) is 9.90 Å². The van der Waals surface area contributed by atoms with Gasteiger partial charge in [-0.25, -0.2) is 4.68 Å². The fraction of sp³-hybridized carbons (Fsp3) is 0.320. The van der Waals surface area contributed by atoms with Crippen LogP contribution >= 0.6 is 0 Å². The van der Waals surface area contributed by atoms with Crippen molar-refractivity contribution in [2.45, 2.75) is 25.8 Å². The molecule has 0 saturated carbocycles. The predicted octanol–water partition coefficient (Wildman–Crippen LogP) is 3.16. The minimum atomic E-state index is -0.626. The molecule has 1 aliphatic heterocycles. The highest BCUT2D eigenvalue weighted by Gasteiger charge is 2.35. The van der Waals surface area contributed by atoms with Crippen molar-refractivity contribution in [3.8, 4) is 17.2 Å². The first-order valence-electron chi connectivity index (χ1n) is 11.2. The van der Waals surface area contributed by atoms with Crippen LogP contribution in [0.15, 0.2) is 53.7 Å². The van der Waals surface area contributed by atoms with Gasteiger partial charge in [0.1, 0.15) is 6.04 Å². The second-order valence-electron chi connectivity index (χ2n) is 7.97. The molecule has 4 rings (SSSR count). The van der Waals surface area contributed by atoms with Crippen LogP contribution in [0.4, 0.5) is 11.6 Å². The number of amides is 1. The summed E-state index contributed by atoms with van der Waals surface area (Å²) >= 11 is 0. The fourth-order valence-corrected chi connectivity index (χ4v) is 4.12. The second-order valence-corrected chi connectivity index (χ2v) is 7.97. The standard InChI is InChI=1S/C25H29N5O5/c1-15-21(24(32)27-17-9-6-5-7-10-17)22(30-25(26-15)28-20(29-30)11-8-12-31)16-13-18(33-2)23(35-4)19(14-16)34-3/h5-7,9-10,13-14,22,31H,8,11-12H2,1-4H3,(H,27,32)(H,26,28,29)/t22-/m1/s1. The Morgan fingerprint density at radius 2 is 1.80 bits per heavy atom. The Morgan fingerprint density at radius 1 is 1.11 bits per heavy atom. The van der Waals surface area contributed by atoms with Crippen LogP contribution in [0.1, 0.15) is 30.8 Å². The molecular formula is C25H29N5O5. The maximum atomic E-state index is 13.6. The SMILES string of the molecule is COc1cc([C@@H]2C(C(=O)Nc3ccccc3)=C(C)Nc3nc(CCCO)nn32)cc(OC)c1OC. The first-order valence-corrected chi connectivity index (χ1v) is 11.2. The molecule has 2 heterocycles. The van der Waals surface area contributed by atoms with Crippen molar-refractivity contribution in [1.29, 1.82) is 0 Å². The fourth-order valence-electron chi connectivity index (χ4n) is 4.12. The largest absolute Gasteiger partial charge is 0.493 e. The molecule has 0 bridgehead atoms. The van der Waals surface area contributed by atoms with Crippen LogP contribution in [0.25, 0.3) is 0 Å². The van der Waals surface area contributed by atoms with Gasteiger partial charge in [-0.3, -0.25) is 4.79 Å². The maximum Gasteiger partial charge on any atom is 0.255 e. The molecule has 0 aliphatic carbocycles. The van der Waals surface area contributed by atoms with E-state index in [0.29, 0.717) is 64.4 Å². The summed E-state index contributed by atoms with van der Waals surface area (Å²) in [7, 11) is 4.62.